The minimum atomic E-state index is -5.30. The molecule has 2 aromatic carbocycles. The van der Waals surface area contributed by atoms with Gasteiger partial charge in [0.2, 0.25) is 5.82 Å². The quantitative estimate of drug-likeness (QED) is 0.305. The van der Waals surface area contributed by atoms with Gasteiger partial charge in [0.15, 0.2) is 23.1 Å². The SMILES string of the molecule is BC(B)(B)Oc1c(Oc2ccc(C(F)(F)F)c(F)c2C(=O)Nc2ccnc(C(=O)NC)c2)ccc(OC(F)(F)F)c1F. The van der Waals surface area contributed by atoms with Crippen LogP contribution in [0.3, 0.4) is 0 Å². The molecule has 0 atom stereocenters. The average molecular weight is 601 g/mol. The van der Waals surface area contributed by atoms with Gasteiger partial charge in [-0.1, -0.05) is 0 Å². The van der Waals surface area contributed by atoms with Gasteiger partial charge in [-0.2, -0.15) is 17.6 Å². The van der Waals surface area contributed by atoms with Gasteiger partial charge in [-0.05, 0) is 36.4 Å². The van der Waals surface area contributed by atoms with Crippen LogP contribution in [0, 0.1) is 11.6 Å². The van der Waals surface area contributed by atoms with E-state index in [0.29, 0.717) is 12.1 Å². The molecule has 0 spiro atoms. The molecule has 0 saturated heterocycles. The smallest absolute Gasteiger partial charge is 0.508 e. The Hall–Kier alpha value is -4.44. The van der Waals surface area contributed by atoms with E-state index in [1.807, 2.05) is 0 Å². The molecule has 2 amide bonds. The number of nitrogens with one attached hydrogen (secondary N) is 2. The highest BCUT2D eigenvalue weighted by molar-refractivity contribution is 6.58. The van der Waals surface area contributed by atoms with Gasteiger partial charge in [-0.3, -0.25) is 14.6 Å². The summed E-state index contributed by atoms with van der Waals surface area (Å²) in [7, 11) is 5.48. The highest BCUT2D eigenvalue weighted by Gasteiger charge is 2.38. The molecule has 8 nitrogen and oxygen atoms in total. The normalized spacial score (nSPS) is 11.9. The van der Waals surface area contributed by atoms with E-state index in [0.717, 1.165) is 24.4 Å². The Balaban J connectivity index is 2.15. The summed E-state index contributed by atoms with van der Waals surface area (Å²) in [4.78, 5) is 28.7. The van der Waals surface area contributed by atoms with Gasteiger partial charge in [0.25, 0.3) is 11.8 Å². The van der Waals surface area contributed by atoms with Crippen LogP contribution in [0.4, 0.5) is 40.8 Å². The van der Waals surface area contributed by atoms with Crippen LogP contribution in [0.5, 0.6) is 23.0 Å². The first kappa shape index (κ1) is 32.1. The molecule has 0 saturated carbocycles. The van der Waals surface area contributed by atoms with Crippen LogP contribution in [0.2, 0.25) is 0 Å². The molecule has 3 rings (SSSR count). The Labute approximate surface area is 234 Å². The summed E-state index contributed by atoms with van der Waals surface area (Å²) in [5, 5.41) is 3.14. The van der Waals surface area contributed by atoms with E-state index in [4.69, 9.17) is 9.47 Å². The van der Waals surface area contributed by atoms with E-state index in [1.165, 1.54) is 30.6 Å². The van der Waals surface area contributed by atoms with Crippen molar-refractivity contribution in [3.05, 3.63) is 71.1 Å². The van der Waals surface area contributed by atoms with E-state index >= 15 is 8.78 Å². The molecular weight excluding hydrogens is 583 g/mol. The van der Waals surface area contributed by atoms with Crippen molar-refractivity contribution in [3.8, 4) is 23.0 Å². The lowest BCUT2D eigenvalue weighted by Crippen LogP contribution is -2.38. The van der Waals surface area contributed by atoms with E-state index in [1.54, 1.807) is 0 Å². The van der Waals surface area contributed by atoms with Crippen LogP contribution in [0.15, 0.2) is 42.6 Å². The Morgan fingerprint density at radius 2 is 1.45 bits per heavy atom. The highest BCUT2D eigenvalue weighted by atomic mass is 19.4. The third kappa shape index (κ3) is 7.85. The first-order chi connectivity index (χ1) is 19.3. The summed E-state index contributed by atoms with van der Waals surface area (Å²) in [5.74, 6) is -9.84. The maximum Gasteiger partial charge on any atom is 0.573 e. The predicted octanol–water partition coefficient (Wildman–Crippen LogP) is 2.57. The van der Waals surface area contributed by atoms with Crippen LogP contribution in [0.25, 0.3) is 0 Å². The molecular formula is C23H18B3F8N3O5. The first-order valence-electron chi connectivity index (χ1n) is 11.6. The molecule has 0 unspecified atom stereocenters. The van der Waals surface area contributed by atoms with E-state index in [2.05, 4.69) is 20.4 Å². The van der Waals surface area contributed by atoms with Crippen LogP contribution >= 0.6 is 0 Å². The third-order valence-corrected chi connectivity index (χ3v) is 4.99. The second-order valence-electron chi connectivity index (χ2n) is 9.33. The van der Waals surface area contributed by atoms with Gasteiger partial charge in [0.05, 0.1) is 5.56 Å². The van der Waals surface area contributed by atoms with Crippen molar-refractivity contribution >= 4 is 41.0 Å². The topological polar surface area (TPSA) is 98.8 Å². The zero-order valence-corrected chi connectivity index (χ0v) is 22.1. The minimum Gasteiger partial charge on any atom is -0.508 e. The molecule has 0 aliphatic heterocycles. The molecule has 1 aromatic heterocycles. The zero-order valence-electron chi connectivity index (χ0n) is 22.1. The van der Waals surface area contributed by atoms with Gasteiger partial charge in [0, 0.05) is 24.2 Å². The number of benzene rings is 2. The maximum absolute atomic E-state index is 15.3. The highest BCUT2D eigenvalue weighted by Crippen LogP contribution is 2.43. The number of carbonyl (C=O) groups excluding carboxylic acids is 2. The molecule has 42 heavy (non-hydrogen) atoms. The van der Waals surface area contributed by atoms with Crippen LogP contribution in [0.1, 0.15) is 26.4 Å². The van der Waals surface area contributed by atoms with E-state index < -0.39 is 75.4 Å². The van der Waals surface area contributed by atoms with Crippen LogP contribution in [-0.4, -0.2) is 59.0 Å². The molecule has 0 aliphatic rings. The number of hydrogen-bond acceptors (Lipinski definition) is 6. The Morgan fingerprint density at radius 3 is 2.02 bits per heavy atom. The minimum absolute atomic E-state index is 0.173. The fourth-order valence-electron chi connectivity index (χ4n) is 3.35. The number of carbonyl (C=O) groups is 2. The molecule has 1 heterocycles. The lowest BCUT2D eigenvalue weighted by Gasteiger charge is -2.25. The molecule has 19 heteroatoms. The lowest BCUT2D eigenvalue weighted by atomic mass is 9.52. The Morgan fingerprint density at radius 1 is 0.833 bits per heavy atom. The summed E-state index contributed by atoms with van der Waals surface area (Å²) in [6.45, 7) is 0. The van der Waals surface area contributed by atoms with Gasteiger partial charge < -0.3 is 24.8 Å². The van der Waals surface area contributed by atoms with Gasteiger partial charge in [0.1, 0.15) is 40.5 Å². The number of pyridine rings is 1. The first-order valence-corrected chi connectivity index (χ1v) is 11.6. The van der Waals surface area contributed by atoms with Gasteiger partial charge >= 0.3 is 12.5 Å². The van der Waals surface area contributed by atoms with Crippen LogP contribution < -0.4 is 24.8 Å². The van der Waals surface area contributed by atoms with Crippen molar-refractivity contribution in [2.75, 3.05) is 12.4 Å². The number of ether oxygens (including phenoxy) is 3. The molecule has 0 radical (unpaired) electrons. The molecule has 3 aromatic rings. The number of rotatable bonds is 8. The number of aromatic nitrogens is 1. The third-order valence-electron chi connectivity index (χ3n) is 4.99. The number of halogens is 8. The second kappa shape index (κ2) is 11.8. The van der Waals surface area contributed by atoms with E-state index in [-0.39, 0.29) is 17.4 Å². The fourth-order valence-corrected chi connectivity index (χ4v) is 3.35. The van der Waals surface area contributed by atoms with Crippen molar-refractivity contribution < 1.29 is 58.9 Å². The predicted molar refractivity (Wildman–Crippen MR) is 139 cm³/mol. The Kier molecular flexibility index (Phi) is 9.03. The zero-order chi connectivity index (χ0) is 31.6. The molecule has 0 fully saturated rings. The summed E-state index contributed by atoms with van der Waals surface area (Å²) in [5.41, 5.74) is -3.53. The van der Waals surface area contributed by atoms with Crippen molar-refractivity contribution in [1.29, 1.82) is 0 Å². The fraction of sp³-hybridized carbons (Fsp3) is 0.174. The monoisotopic (exact) mass is 601 g/mol. The van der Waals surface area contributed by atoms with Crippen LogP contribution in [-0.2, 0) is 6.18 Å². The maximum atomic E-state index is 15.3. The number of amides is 2. The largest absolute Gasteiger partial charge is 0.573 e. The second-order valence-corrected chi connectivity index (χ2v) is 9.33. The van der Waals surface area contributed by atoms with E-state index in [9.17, 15) is 35.9 Å². The molecule has 220 valence electrons. The molecule has 0 bridgehead atoms. The number of nitrogens with zero attached hydrogens (tertiary/aromatic N) is 1. The Bertz CT molecular complexity index is 1510. The summed E-state index contributed by atoms with van der Waals surface area (Å²) in [6, 6.07) is 4.22. The molecule has 0 aliphatic carbocycles. The number of anilines is 1. The van der Waals surface area contributed by atoms with Crippen molar-refractivity contribution in [2.45, 2.75) is 17.8 Å². The standard InChI is InChI=1S/C23H18B3F8N3O5/c1-35-19(38)11-8-9(6-7-36-11)37-20(39)15-12(3-2-10(16(15)27)21(29,30)31)40-14-5-4-13(41-23(32,33)34)17(28)18(14)42-22(24,25)26/h2-8H,24-26H2,1H3,(H,35,38)(H,36,37,39). The van der Waals surface area contributed by atoms with Crippen molar-refractivity contribution in [1.82, 2.24) is 10.3 Å². The number of hydrogen-bond donors (Lipinski definition) is 2. The average Bonchev–Trinajstić information content (AvgIpc) is 2.85. The number of alkyl halides is 6. The molecule has 2 N–H and O–H groups in total. The summed E-state index contributed by atoms with van der Waals surface area (Å²) in [6.07, 6.45) is -9.47. The summed E-state index contributed by atoms with van der Waals surface area (Å²) >= 11 is 0. The lowest BCUT2D eigenvalue weighted by molar-refractivity contribution is -0.275. The van der Waals surface area contributed by atoms with Crippen molar-refractivity contribution in [3.63, 3.8) is 0 Å². The van der Waals surface area contributed by atoms with Gasteiger partial charge in [-0.15, -0.1) is 13.2 Å². The van der Waals surface area contributed by atoms with Crippen molar-refractivity contribution in [2.24, 2.45) is 0 Å². The van der Waals surface area contributed by atoms with Gasteiger partial charge in [-0.25, -0.2) is 4.39 Å². The summed E-state index contributed by atoms with van der Waals surface area (Å²) < 4.78 is 124.